The first kappa shape index (κ1) is 16.4. The molecule has 0 saturated heterocycles. The van der Waals surface area contributed by atoms with E-state index in [9.17, 15) is 18.0 Å². The summed E-state index contributed by atoms with van der Waals surface area (Å²) in [6.07, 6.45) is -4.43. The van der Waals surface area contributed by atoms with E-state index >= 15 is 0 Å². The molecule has 0 heterocycles. The number of hydrogen-bond acceptors (Lipinski definition) is 2. The molecule has 22 heavy (non-hydrogen) atoms. The third kappa shape index (κ3) is 4.53. The van der Waals surface area contributed by atoms with Crippen LogP contribution in [0.3, 0.4) is 0 Å². The second kappa shape index (κ2) is 6.87. The van der Waals surface area contributed by atoms with Crippen LogP contribution in [0.4, 0.5) is 18.9 Å². The van der Waals surface area contributed by atoms with Crippen molar-refractivity contribution in [3.63, 3.8) is 0 Å². The van der Waals surface area contributed by atoms with Crippen LogP contribution in [0.5, 0.6) is 0 Å². The Balaban J connectivity index is 2.02. The van der Waals surface area contributed by atoms with E-state index in [0.29, 0.717) is 0 Å². The van der Waals surface area contributed by atoms with Crippen molar-refractivity contribution in [3.05, 3.63) is 60.2 Å². The second-order valence-corrected chi connectivity index (χ2v) is 6.06. The molecule has 0 aliphatic heterocycles. The largest absolute Gasteiger partial charge is 0.416 e. The van der Waals surface area contributed by atoms with Crippen LogP contribution in [0.2, 0.25) is 0 Å². The monoisotopic (exact) mass is 325 g/mol. The number of amides is 1. The fourth-order valence-corrected chi connectivity index (χ4v) is 2.66. The molecule has 0 saturated carbocycles. The van der Waals surface area contributed by atoms with Crippen LogP contribution in [-0.4, -0.2) is 11.2 Å². The number of alkyl halides is 3. The number of carbonyl (C=O) groups excluding carboxylic acids is 1. The average molecular weight is 325 g/mol. The number of halogens is 3. The quantitative estimate of drug-likeness (QED) is 0.816. The molecule has 1 N–H and O–H groups in total. The molecule has 116 valence electrons. The number of rotatable bonds is 4. The summed E-state index contributed by atoms with van der Waals surface area (Å²) >= 11 is 1.35. The summed E-state index contributed by atoms with van der Waals surface area (Å²) in [7, 11) is 0. The molecular formula is C16H14F3NOS. The van der Waals surface area contributed by atoms with Gasteiger partial charge in [-0.05, 0) is 37.3 Å². The lowest BCUT2D eigenvalue weighted by Crippen LogP contribution is -2.22. The van der Waals surface area contributed by atoms with Crippen LogP contribution in [0, 0.1) is 0 Å². The van der Waals surface area contributed by atoms with Crippen molar-refractivity contribution in [1.29, 1.82) is 0 Å². The average Bonchev–Trinajstić information content (AvgIpc) is 2.47. The molecule has 0 spiro atoms. The summed E-state index contributed by atoms with van der Waals surface area (Å²) in [6, 6.07) is 13.9. The molecular weight excluding hydrogens is 311 g/mol. The Kier molecular flexibility index (Phi) is 5.13. The first-order valence-corrected chi connectivity index (χ1v) is 7.44. The Morgan fingerprint density at radius 1 is 1.09 bits per heavy atom. The minimum absolute atomic E-state index is 0.139. The van der Waals surface area contributed by atoms with Gasteiger partial charge in [0, 0.05) is 10.6 Å². The summed E-state index contributed by atoms with van der Waals surface area (Å²) in [6.45, 7) is 1.71. The Morgan fingerprint density at radius 3 is 2.41 bits per heavy atom. The number of benzene rings is 2. The van der Waals surface area contributed by atoms with Crippen LogP contribution < -0.4 is 5.32 Å². The summed E-state index contributed by atoms with van der Waals surface area (Å²) in [4.78, 5) is 13.0. The number of hydrogen-bond donors (Lipinski definition) is 1. The van der Waals surface area contributed by atoms with Crippen molar-refractivity contribution in [2.24, 2.45) is 0 Å². The molecule has 0 aliphatic carbocycles. The van der Waals surface area contributed by atoms with Crippen molar-refractivity contribution >= 4 is 23.4 Å². The lowest BCUT2D eigenvalue weighted by Gasteiger charge is -2.13. The van der Waals surface area contributed by atoms with Crippen LogP contribution in [0.25, 0.3) is 0 Å². The van der Waals surface area contributed by atoms with Gasteiger partial charge in [0.2, 0.25) is 5.91 Å². The van der Waals surface area contributed by atoms with Gasteiger partial charge in [-0.25, -0.2) is 0 Å². The number of anilines is 1. The maximum Gasteiger partial charge on any atom is 0.416 e. The van der Waals surface area contributed by atoms with Crippen LogP contribution in [-0.2, 0) is 11.0 Å². The van der Waals surface area contributed by atoms with Crippen molar-refractivity contribution in [3.8, 4) is 0 Å². The predicted molar refractivity (Wildman–Crippen MR) is 81.8 cm³/mol. The lowest BCUT2D eigenvalue weighted by atomic mass is 10.2. The number of thioether (sulfide) groups is 1. The maximum absolute atomic E-state index is 12.6. The van der Waals surface area contributed by atoms with E-state index in [-0.39, 0.29) is 11.6 Å². The first-order chi connectivity index (χ1) is 10.4. The molecule has 2 nitrogen and oxygen atoms in total. The molecule has 2 aromatic rings. The summed E-state index contributed by atoms with van der Waals surface area (Å²) in [5, 5.41) is 2.10. The van der Waals surface area contributed by atoms with Crippen molar-refractivity contribution in [1.82, 2.24) is 0 Å². The van der Waals surface area contributed by atoms with Gasteiger partial charge in [-0.15, -0.1) is 11.8 Å². The molecule has 0 bridgehead atoms. The minimum Gasteiger partial charge on any atom is -0.325 e. The molecule has 1 unspecified atom stereocenters. The summed E-state index contributed by atoms with van der Waals surface area (Å²) in [5.41, 5.74) is -0.644. The fourth-order valence-electron chi connectivity index (χ4n) is 1.77. The van der Waals surface area contributed by atoms with Gasteiger partial charge in [-0.3, -0.25) is 4.79 Å². The van der Waals surface area contributed by atoms with Crippen LogP contribution in [0.15, 0.2) is 59.5 Å². The highest BCUT2D eigenvalue weighted by Crippen LogP contribution is 2.31. The third-order valence-electron chi connectivity index (χ3n) is 2.88. The van der Waals surface area contributed by atoms with E-state index in [0.717, 1.165) is 17.0 Å². The molecule has 2 aromatic carbocycles. The smallest absolute Gasteiger partial charge is 0.325 e. The van der Waals surface area contributed by atoms with E-state index < -0.39 is 17.0 Å². The minimum atomic E-state index is -4.43. The van der Waals surface area contributed by atoms with Gasteiger partial charge in [0.25, 0.3) is 0 Å². The van der Waals surface area contributed by atoms with E-state index in [1.165, 1.54) is 23.9 Å². The molecule has 0 aromatic heterocycles. The van der Waals surface area contributed by atoms with E-state index in [4.69, 9.17) is 0 Å². The van der Waals surface area contributed by atoms with Gasteiger partial charge in [0.05, 0.1) is 10.8 Å². The maximum atomic E-state index is 12.6. The normalized spacial score (nSPS) is 12.7. The van der Waals surface area contributed by atoms with Crippen molar-refractivity contribution in [2.45, 2.75) is 23.2 Å². The van der Waals surface area contributed by atoms with Crippen molar-refractivity contribution < 1.29 is 18.0 Å². The summed E-state index contributed by atoms with van der Waals surface area (Å²) < 4.78 is 37.9. The second-order valence-electron chi connectivity index (χ2n) is 4.64. The highest BCUT2D eigenvalue weighted by molar-refractivity contribution is 8.00. The van der Waals surface area contributed by atoms with Gasteiger partial charge in [0.1, 0.15) is 0 Å². The highest BCUT2D eigenvalue weighted by Gasteiger charge is 2.30. The van der Waals surface area contributed by atoms with Crippen LogP contribution in [0.1, 0.15) is 12.5 Å². The van der Waals surface area contributed by atoms with Crippen LogP contribution >= 0.6 is 11.8 Å². The Bertz CT molecular complexity index is 643. The van der Waals surface area contributed by atoms with Gasteiger partial charge < -0.3 is 5.32 Å². The van der Waals surface area contributed by atoms with Gasteiger partial charge >= 0.3 is 6.18 Å². The standard InChI is InChI=1S/C16H14F3NOS/c1-11(22-14-8-3-2-4-9-14)15(21)20-13-7-5-6-12(10-13)16(17,18)19/h2-11H,1H3,(H,20,21). The lowest BCUT2D eigenvalue weighted by molar-refractivity contribution is -0.137. The molecule has 0 aliphatic rings. The third-order valence-corrected chi connectivity index (χ3v) is 3.99. The molecule has 2 rings (SSSR count). The number of carbonyl (C=O) groups is 1. The van der Waals surface area contributed by atoms with E-state index in [2.05, 4.69) is 5.32 Å². The van der Waals surface area contributed by atoms with Gasteiger partial charge in [-0.1, -0.05) is 24.3 Å². The first-order valence-electron chi connectivity index (χ1n) is 6.56. The molecule has 6 heteroatoms. The topological polar surface area (TPSA) is 29.1 Å². The molecule has 1 atom stereocenters. The predicted octanol–water partition coefficient (Wildman–Crippen LogP) is 4.82. The molecule has 0 fully saturated rings. The molecule has 1 amide bonds. The Hall–Kier alpha value is -1.95. The Morgan fingerprint density at radius 2 is 1.77 bits per heavy atom. The number of nitrogens with one attached hydrogen (secondary N) is 1. The zero-order chi connectivity index (χ0) is 16.2. The summed E-state index contributed by atoms with van der Waals surface area (Å²) in [5.74, 6) is -0.340. The highest BCUT2D eigenvalue weighted by atomic mass is 32.2. The van der Waals surface area contributed by atoms with E-state index in [1.807, 2.05) is 30.3 Å². The van der Waals surface area contributed by atoms with Crippen molar-refractivity contribution in [2.75, 3.05) is 5.32 Å². The Labute approximate surface area is 130 Å². The van der Waals surface area contributed by atoms with E-state index in [1.54, 1.807) is 6.92 Å². The fraction of sp³-hybridized carbons (Fsp3) is 0.188. The SMILES string of the molecule is CC(Sc1ccccc1)C(=O)Nc1cccc(C(F)(F)F)c1. The van der Waals surface area contributed by atoms with Gasteiger partial charge in [-0.2, -0.15) is 13.2 Å². The van der Waals surface area contributed by atoms with Gasteiger partial charge in [0.15, 0.2) is 0 Å². The molecule has 0 radical (unpaired) electrons. The zero-order valence-corrected chi connectivity index (χ0v) is 12.5. The zero-order valence-electron chi connectivity index (χ0n) is 11.7.